The predicted octanol–water partition coefficient (Wildman–Crippen LogP) is 5.08. The maximum atomic E-state index is 12.8. The Bertz CT molecular complexity index is 1130. The van der Waals surface area contributed by atoms with Crippen LogP contribution in [-0.2, 0) is 6.54 Å². The highest BCUT2D eigenvalue weighted by atomic mass is 35.5. The summed E-state index contributed by atoms with van der Waals surface area (Å²) in [6.45, 7) is 6.09. The van der Waals surface area contributed by atoms with Gasteiger partial charge in [0.05, 0.1) is 18.2 Å². The lowest BCUT2D eigenvalue weighted by Gasteiger charge is -2.36. The fourth-order valence-electron chi connectivity index (χ4n) is 4.33. The number of carbonyl (C=O) groups is 1. The van der Waals surface area contributed by atoms with Crippen molar-refractivity contribution in [2.45, 2.75) is 13.0 Å². The quantitative estimate of drug-likeness (QED) is 0.555. The van der Waals surface area contributed by atoms with Gasteiger partial charge in [-0.05, 0) is 42.0 Å². The molecule has 1 N–H and O–H groups in total. The van der Waals surface area contributed by atoms with E-state index in [2.05, 4.69) is 57.6 Å². The Labute approximate surface area is 205 Å². The van der Waals surface area contributed by atoms with Gasteiger partial charge < -0.3 is 19.7 Å². The summed E-state index contributed by atoms with van der Waals surface area (Å²) in [6, 6.07) is 21.9. The van der Waals surface area contributed by atoms with Crippen LogP contribution in [0.15, 0.2) is 66.7 Å². The number of piperazine rings is 1. The third-order valence-electron chi connectivity index (χ3n) is 6.18. The van der Waals surface area contributed by atoms with Crippen LogP contribution >= 0.6 is 11.6 Å². The van der Waals surface area contributed by atoms with E-state index in [9.17, 15) is 4.79 Å². The average molecular weight is 478 g/mol. The second kappa shape index (κ2) is 10.4. The number of carbonyl (C=O) groups excluding carboxylic acids is 1. The van der Waals surface area contributed by atoms with Crippen molar-refractivity contribution in [3.63, 3.8) is 0 Å². The number of hydrogen-bond donors (Lipinski definition) is 1. The summed E-state index contributed by atoms with van der Waals surface area (Å²) in [5, 5.41) is 3.33. The van der Waals surface area contributed by atoms with Crippen molar-refractivity contribution >= 4 is 28.9 Å². The molecule has 6 nitrogen and oxygen atoms in total. The van der Waals surface area contributed by atoms with E-state index in [0.29, 0.717) is 35.3 Å². The van der Waals surface area contributed by atoms with Crippen molar-refractivity contribution in [1.82, 2.24) is 4.90 Å². The fourth-order valence-corrected chi connectivity index (χ4v) is 4.59. The van der Waals surface area contributed by atoms with Crippen LogP contribution in [0.4, 0.5) is 11.4 Å². The molecule has 2 aliphatic rings. The lowest BCUT2D eigenvalue weighted by atomic mass is 10.1. The van der Waals surface area contributed by atoms with Crippen molar-refractivity contribution in [3.05, 3.63) is 82.9 Å². The van der Waals surface area contributed by atoms with Gasteiger partial charge in [-0.1, -0.05) is 41.9 Å². The third kappa shape index (κ3) is 5.29. The standard InChI is InChI=1S/C27H28ClN3O3/c28-24-17-21(18-25-26(24)34-16-4-15-33-25)27(32)29-22-7-9-23(10-8-22)31-13-11-30(12-14-31)19-20-5-2-1-3-6-20/h1-3,5-10,17-18H,4,11-16,19H2,(H,29,32). The SMILES string of the molecule is O=C(Nc1ccc(N2CCN(Cc3ccccc3)CC2)cc1)c1cc(Cl)c2c(c1)OCCCO2. The molecule has 3 aromatic carbocycles. The summed E-state index contributed by atoms with van der Waals surface area (Å²) in [4.78, 5) is 17.7. The summed E-state index contributed by atoms with van der Waals surface area (Å²) in [5.74, 6) is 0.778. The maximum absolute atomic E-state index is 12.8. The van der Waals surface area contributed by atoms with Crippen LogP contribution in [0.1, 0.15) is 22.3 Å². The van der Waals surface area contributed by atoms with Crippen LogP contribution in [0.2, 0.25) is 5.02 Å². The first-order valence-electron chi connectivity index (χ1n) is 11.7. The molecule has 34 heavy (non-hydrogen) atoms. The van der Waals surface area contributed by atoms with Gasteiger partial charge in [-0.15, -0.1) is 0 Å². The highest BCUT2D eigenvalue weighted by Gasteiger charge is 2.20. The number of nitrogens with one attached hydrogen (secondary N) is 1. The van der Waals surface area contributed by atoms with E-state index in [1.54, 1.807) is 12.1 Å². The van der Waals surface area contributed by atoms with Crippen LogP contribution in [0.25, 0.3) is 0 Å². The molecular formula is C27H28ClN3O3. The molecule has 0 atom stereocenters. The largest absolute Gasteiger partial charge is 0.489 e. The molecule has 0 saturated carbocycles. The molecule has 3 aromatic rings. The molecule has 2 aliphatic heterocycles. The van der Waals surface area contributed by atoms with E-state index < -0.39 is 0 Å². The Hall–Kier alpha value is -3.22. The van der Waals surface area contributed by atoms with Crippen LogP contribution in [0.5, 0.6) is 11.5 Å². The molecule has 0 aliphatic carbocycles. The van der Waals surface area contributed by atoms with Gasteiger partial charge in [0.15, 0.2) is 11.5 Å². The maximum Gasteiger partial charge on any atom is 0.255 e. The number of halogens is 1. The Balaban J connectivity index is 1.18. The first kappa shape index (κ1) is 22.6. The van der Waals surface area contributed by atoms with Crippen LogP contribution in [0.3, 0.4) is 0 Å². The number of nitrogens with zero attached hydrogens (tertiary/aromatic N) is 2. The number of fused-ring (bicyclic) bond motifs is 1. The Morgan fingerprint density at radius 1 is 0.912 bits per heavy atom. The van der Waals surface area contributed by atoms with E-state index in [0.717, 1.165) is 50.5 Å². The minimum atomic E-state index is -0.236. The first-order chi connectivity index (χ1) is 16.7. The Morgan fingerprint density at radius 2 is 1.65 bits per heavy atom. The summed E-state index contributed by atoms with van der Waals surface area (Å²) in [7, 11) is 0. The van der Waals surface area contributed by atoms with Crippen molar-refractivity contribution in [3.8, 4) is 11.5 Å². The lowest BCUT2D eigenvalue weighted by molar-refractivity contribution is 0.102. The molecule has 1 fully saturated rings. The number of ether oxygens (including phenoxy) is 2. The summed E-state index contributed by atoms with van der Waals surface area (Å²) in [5.41, 5.74) is 3.69. The second-order valence-electron chi connectivity index (χ2n) is 8.59. The molecule has 7 heteroatoms. The van der Waals surface area contributed by atoms with Crippen LogP contribution in [0, 0.1) is 0 Å². The van der Waals surface area contributed by atoms with E-state index in [1.165, 1.54) is 5.56 Å². The second-order valence-corrected chi connectivity index (χ2v) is 8.99. The molecule has 176 valence electrons. The Morgan fingerprint density at radius 3 is 2.41 bits per heavy atom. The molecule has 0 radical (unpaired) electrons. The van der Waals surface area contributed by atoms with Gasteiger partial charge >= 0.3 is 0 Å². The molecule has 0 aromatic heterocycles. The fraction of sp³-hybridized carbons (Fsp3) is 0.296. The summed E-state index contributed by atoms with van der Waals surface area (Å²) >= 11 is 6.34. The van der Waals surface area contributed by atoms with E-state index in [-0.39, 0.29) is 5.91 Å². The van der Waals surface area contributed by atoms with Crippen LogP contribution in [-0.4, -0.2) is 50.2 Å². The lowest BCUT2D eigenvalue weighted by Crippen LogP contribution is -2.45. The van der Waals surface area contributed by atoms with Gasteiger partial charge in [0, 0.05) is 56.1 Å². The highest BCUT2D eigenvalue weighted by Crippen LogP contribution is 2.38. The summed E-state index contributed by atoms with van der Waals surface area (Å²) < 4.78 is 11.3. The van der Waals surface area contributed by atoms with Gasteiger partial charge in [-0.3, -0.25) is 9.69 Å². The van der Waals surface area contributed by atoms with Crippen molar-refractivity contribution in [2.24, 2.45) is 0 Å². The number of benzene rings is 3. The third-order valence-corrected chi connectivity index (χ3v) is 6.46. The van der Waals surface area contributed by atoms with Crippen molar-refractivity contribution < 1.29 is 14.3 Å². The predicted molar refractivity (Wildman–Crippen MR) is 135 cm³/mol. The smallest absolute Gasteiger partial charge is 0.255 e. The first-order valence-corrected chi connectivity index (χ1v) is 12.1. The molecule has 5 rings (SSSR count). The van der Waals surface area contributed by atoms with E-state index >= 15 is 0 Å². The van der Waals surface area contributed by atoms with E-state index in [1.807, 2.05) is 12.1 Å². The molecule has 1 amide bonds. The molecule has 2 heterocycles. The van der Waals surface area contributed by atoms with Crippen LogP contribution < -0.4 is 19.7 Å². The Kier molecular flexibility index (Phi) is 6.88. The molecule has 1 saturated heterocycles. The number of anilines is 2. The van der Waals surface area contributed by atoms with Gasteiger partial charge in [0.1, 0.15) is 0 Å². The zero-order valence-corrected chi connectivity index (χ0v) is 19.8. The summed E-state index contributed by atoms with van der Waals surface area (Å²) in [6.07, 6.45) is 0.779. The number of hydrogen-bond acceptors (Lipinski definition) is 5. The van der Waals surface area contributed by atoms with Gasteiger partial charge in [-0.25, -0.2) is 0 Å². The molecule has 0 bridgehead atoms. The number of amides is 1. The molecule has 0 spiro atoms. The minimum absolute atomic E-state index is 0.236. The minimum Gasteiger partial charge on any atom is -0.489 e. The van der Waals surface area contributed by atoms with E-state index in [4.69, 9.17) is 21.1 Å². The molecule has 0 unspecified atom stereocenters. The van der Waals surface area contributed by atoms with Gasteiger partial charge in [-0.2, -0.15) is 0 Å². The average Bonchev–Trinajstić information content (AvgIpc) is 3.12. The monoisotopic (exact) mass is 477 g/mol. The molecular weight excluding hydrogens is 450 g/mol. The number of rotatable bonds is 5. The zero-order chi connectivity index (χ0) is 23.3. The highest BCUT2D eigenvalue weighted by molar-refractivity contribution is 6.32. The van der Waals surface area contributed by atoms with Gasteiger partial charge in [0.25, 0.3) is 5.91 Å². The van der Waals surface area contributed by atoms with Gasteiger partial charge in [0.2, 0.25) is 0 Å². The van der Waals surface area contributed by atoms with Crippen molar-refractivity contribution in [1.29, 1.82) is 0 Å². The topological polar surface area (TPSA) is 54.0 Å². The normalized spacial score (nSPS) is 16.1. The van der Waals surface area contributed by atoms with Crippen molar-refractivity contribution in [2.75, 3.05) is 49.6 Å². The zero-order valence-electron chi connectivity index (χ0n) is 19.0.